The summed E-state index contributed by atoms with van der Waals surface area (Å²) >= 11 is 0. The van der Waals surface area contributed by atoms with Crippen LogP contribution in [0, 0.1) is 11.3 Å². The Balaban J connectivity index is 1.30. The van der Waals surface area contributed by atoms with Crippen molar-refractivity contribution in [2.24, 2.45) is 0 Å². The molecule has 0 spiro atoms. The van der Waals surface area contributed by atoms with Crippen LogP contribution in [0.5, 0.6) is 0 Å². The van der Waals surface area contributed by atoms with Gasteiger partial charge in [0.1, 0.15) is 0 Å². The molecule has 8 heteroatoms. The molecule has 458 valence electrons. The van der Waals surface area contributed by atoms with Gasteiger partial charge in [0, 0.05) is 44.2 Å². The van der Waals surface area contributed by atoms with E-state index in [0.29, 0.717) is 46.1 Å². The van der Waals surface area contributed by atoms with E-state index >= 15 is 0 Å². The van der Waals surface area contributed by atoms with Gasteiger partial charge in [0.25, 0.3) is 0 Å². The minimum atomic E-state index is -0.269. The topological polar surface area (TPSA) is 106 Å². The minimum absolute atomic E-state index is 0.104. The van der Waals surface area contributed by atoms with Gasteiger partial charge >= 0.3 is 0 Å². The molecule has 89 heavy (non-hydrogen) atoms. The van der Waals surface area contributed by atoms with E-state index in [-0.39, 0.29) is 43.3 Å². The molecular formula is C81H94N8. The lowest BCUT2D eigenvalue weighted by Crippen LogP contribution is -2.24. The summed E-state index contributed by atoms with van der Waals surface area (Å²) in [7, 11) is 0. The highest BCUT2D eigenvalue weighted by Gasteiger charge is 2.36. The average molecular weight is 1180 g/mol. The second kappa shape index (κ2) is 22.1. The summed E-state index contributed by atoms with van der Waals surface area (Å²) in [6.45, 7) is 54.9. The molecule has 10 aromatic rings. The zero-order valence-electron chi connectivity index (χ0n) is 57.8. The van der Waals surface area contributed by atoms with Gasteiger partial charge in [-0.05, 0) is 130 Å². The van der Waals surface area contributed by atoms with Gasteiger partial charge < -0.3 is 4.57 Å². The summed E-state index contributed by atoms with van der Waals surface area (Å²) in [5.41, 5.74) is 16.8. The lowest BCUT2D eigenvalue weighted by atomic mass is 9.71. The maximum absolute atomic E-state index is 10.7. The van der Waals surface area contributed by atoms with E-state index in [2.05, 4.69) is 292 Å². The third-order valence-electron chi connectivity index (χ3n) is 17.4. The normalized spacial score (nSPS) is 13.2. The molecule has 0 aliphatic heterocycles. The maximum Gasteiger partial charge on any atom is 0.166 e. The van der Waals surface area contributed by atoms with Gasteiger partial charge in [-0.1, -0.05) is 257 Å². The largest absolute Gasteiger partial charge is 0.308 e. The third kappa shape index (κ3) is 12.5. The van der Waals surface area contributed by atoms with Crippen molar-refractivity contribution in [1.29, 1.82) is 5.26 Å². The molecule has 0 aliphatic carbocycles. The van der Waals surface area contributed by atoms with E-state index in [1.54, 1.807) is 0 Å². The Morgan fingerprint density at radius 3 is 1.07 bits per heavy atom. The fraction of sp³-hybridized carbons (Fsp3) is 0.395. The van der Waals surface area contributed by atoms with E-state index in [1.165, 1.54) is 33.4 Å². The van der Waals surface area contributed by atoms with E-state index < -0.39 is 0 Å². The number of fused-ring (bicyclic) bond motifs is 3. The van der Waals surface area contributed by atoms with Gasteiger partial charge in [-0.3, -0.25) is 0 Å². The van der Waals surface area contributed by atoms with Crippen LogP contribution in [0.4, 0.5) is 0 Å². The molecule has 8 nitrogen and oxygen atoms in total. The maximum atomic E-state index is 10.7. The molecule has 0 radical (unpaired) electrons. The molecule has 0 bridgehead atoms. The zero-order chi connectivity index (χ0) is 65.1. The fourth-order valence-electron chi connectivity index (χ4n) is 12.5. The Hall–Kier alpha value is -8.15. The van der Waals surface area contributed by atoms with Crippen molar-refractivity contribution in [2.45, 2.75) is 209 Å². The van der Waals surface area contributed by atoms with Crippen molar-refractivity contribution in [3.8, 4) is 80.1 Å². The Kier molecular flexibility index (Phi) is 15.9. The molecule has 0 saturated carbocycles. The first kappa shape index (κ1) is 63.9. The smallest absolute Gasteiger partial charge is 0.166 e. The van der Waals surface area contributed by atoms with Crippen LogP contribution in [0.15, 0.2) is 133 Å². The monoisotopic (exact) mass is 1180 g/mol. The van der Waals surface area contributed by atoms with Crippen LogP contribution in [0.2, 0.25) is 0 Å². The summed E-state index contributed by atoms with van der Waals surface area (Å²) in [5, 5.41) is 12.8. The molecule has 0 unspecified atom stereocenters. The van der Waals surface area contributed by atoms with Crippen LogP contribution >= 0.6 is 0 Å². The number of para-hydroxylation sites is 1. The van der Waals surface area contributed by atoms with Crippen molar-refractivity contribution in [3.63, 3.8) is 0 Å². The summed E-state index contributed by atoms with van der Waals surface area (Å²) in [6, 6.07) is 50.0. The number of hydrogen-bond donors (Lipinski definition) is 0. The Morgan fingerprint density at radius 1 is 0.303 bits per heavy atom. The molecule has 7 aromatic carbocycles. The second-order valence-corrected chi connectivity index (χ2v) is 33.0. The van der Waals surface area contributed by atoms with Crippen LogP contribution < -0.4 is 0 Å². The van der Waals surface area contributed by atoms with Crippen LogP contribution in [-0.4, -0.2) is 34.5 Å². The molecule has 0 amide bonds. The second-order valence-electron chi connectivity index (χ2n) is 33.0. The Bertz CT molecular complexity index is 4190. The highest BCUT2D eigenvalue weighted by Crippen LogP contribution is 2.48. The number of benzene rings is 7. The van der Waals surface area contributed by atoms with Crippen LogP contribution in [0.1, 0.15) is 216 Å². The molecule has 0 N–H and O–H groups in total. The van der Waals surface area contributed by atoms with E-state index in [9.17, 15) is 5.26 Å². The summed E-state index contributed by atoms with van der Waals surface area (Å²) < 4.78 is 2.30. The van der Waals surface area contributed by atoms with Crippen molar-refractivity contribution in [2.75, 3.05) is 0 Å². The Labute approximate surface area is 531 Å². The number of aromatic nitrogens is 7. The van der Waals surface area contributed by atoms with Gasteiger partial charge in [0.15, 0.2) is 34.9 Å². The summed E-state index contributed by atoms with van der Waals surface area (Å²) in [4.78, 5) is 33.5. The predicted octanol–water partition coefficient (Wildman–Crippen LogP) is 21.4. The van der Waals surface area contributed by atoms with Gasteiger partial charge in [-0.15, -0.1) is 0 Å². The van der Waals surface area contributed by atoms with E-state index in [4.69, 9.17) is 29.9 Å². The van der Waals surface area contributed by atoms with E-state index in [0.717, 1.165) is 66.4 Å². The van der Waals surface area contributed by atoms with E-state index in [1.807, 2.05) is 18.2 Å². The molecule has 0 fully saturated rings. The van der Waals surface area contributed by atoms with Crippen LogP contribution in [0.25, 0.3) is 95.8 Å². The zero-order valence-corrected chi connectivity index (χ0v) is 57.8. The van der Waals surface area contributed by atoms with Gasteiger partial charge in [0.2, 0.25) is 0 Å². The van der Waals surface area contributed by atoms with Crippen molar-refractivity contribution >= 4 is 21.8 Å². The molecule has 3 heterocycles. The highest BCUT2D eigenvalue weighted by molar-refractivity contribution is 6.11. The number of hydrogen-bond acceptors (Lipinski definition) is 7. The summed E-state index contributed by atoms with van der Waals surface area (Å²) in [6.07, 6.45) is 0. The Morgan fingerprint density at radius 2 is 0.663 bits per heavy atom. The fourth-order valence-corrected chi connectivity index (χ4v) is 12.5. The van der Waals surface area contributed by atoms with Crippen LogP contribution in [0.3, 0.4) is 0 Å². The first-order chi connectivity index (χ1) is 41.1. The summed E-state index contributed by atoms with van der Waals surface area (Å²) in [5.74, 6) is 3.53. The standard InChI is InChI=1S/C81H94N8/c1-74(2,3)50-43-59(78(13,14)15)66(60(44-50)79(16,17)18)72-83-68(84-73(88-72)67-61(80(19,20)21)45-51(75(4,5)6)46-62(67)81(22,23)24)49-38-40-64-55(42-49)52-31-27-30-36-63(52)89(64)65-39-37-48(47-82)41-56(65)71-86-69(53-32-25-28-34-57(53)76(7,8)9)85-70(87-71)54-33-26-29-35-58(54)77(10,11)12/h25-46H,1-24H3. The lowest BCUT2D eigenvalue weighted by molar-refractivity contribution is 0.549. The van der Waals surface area contributed by atoms with Gasteiger partial charge in [-0.2, -0.15) is 5.26 Å². The number of nitriles is 1. The molecule has 0 atom stereocenters. The van der Waals surface area contributed by atoms with Crippen molar-refractivity contribution in [3.05, 3.63) is 184 Å². The molecule has 0 saturated heterocycles. The lowest BCUT2D eigenvalue weighted by Gasteiger charge is -2.34. The quantitative estimate of drug-likeness (QED) is 0.156. The molecule has 3 aromatic heterocycles. The molecule has 10 rings (SSSR count). The highest BCUT2D eigenvalue weighted by atomic mass is 15.1. The van der Waals surface area contributed by atoms with Crippen LogP contribution in [-0.2, 0) is 43.3 Å². The van der Waals surface area contributed by atoms with Crippen molar-refractivity contribution in [1.82, 2.24) is 34.5 Å². The SMILES string of the molecule is CC(C)(C)c1cc(C(C)(C)C)c(-c2nc(-c3ccc4c(c3)c3ccccc3n4-c3ccc(C#N)cc3-c3nc(-c4ccccc4C(C)(C)C)nc(-c4ccccc4C(C)(C)C)n3)nc(-c3c(C(C)(C)C)cc(C(C)(C)C)cc3C(C)(C)C)n2)c(C(C)(C)C)c1. The van der Waals surface area contributed by atoms with Crippen molar-refractivity contribution < 1.29 is 0 Å². The third-order valence-corrected chi connectivity index (χ3v) is 17.4. The number of rotatable bonds is 7. The number of nitrogens with zero attached hydrogens (tertiary/aromatic N) is 8. The predicted molar refractivity (Wildman–Crippen MR) is 374 cm³/mol. The molecular weight excluding hydrogens is 1080 g/mol. The van der Waals surface area contributed by atoms with Gasteiger partial charge in [0.05, 0.1) is 28.4 Å². The molecule has 0 aliphatic rings. The first-order valence-corrected chi connectivity index (χ1v) is 31.8. The first-order valence-electron chi connectivity index (χ1n) is 31.8. The minimum Gasteiger partial charge on any atom is -0.308 e. The van der Waals surface area contributed by atoms with Gasteiger partial charge in [-0.25, -0.2) is 29.9 Å². The average Bonchev–Trinajstić information content (AvgIpc) is 1.74.